The number of nitrogens with two attached hydrogens (primary N) is 1. The largest absolute Gasteiger partial charge is 0.329 e. The quantitative estimate of drug-likeness (QED) is 0.889. The number of amides is 1. The first kappa shape index (κ1) is 12.7. The van der Waals surface area contributed by atoms with E-state index in [0.717, 1.165) is 19.3 Å². The summed E-state index contributed by atoms with van der Waals surface area (Å²) in [6.07, 6.45) is 2.73. The Morgan fingerprint density at radius 2 is 2.12 bits per heavy atom. The number of anilines is 1. The first-order chi connectivity index (χ1) is 8.09. The van der Waals surface area contributed by atoms with Gasteiger partial charge in [-0.05, 0) is 25.0 Å². The molecule has 2 rings (SSSR count). The molecule has 3 nitrogen and oxygen atoms in total. The average Bonchev–Trinajstić information content (AvgIpc) is 2.24. The summed E-state index contributed by atoms with van der Waals surface area (Å²) < 4.78 is 0. The third kappa shape index (κ3) is 2.28. The third-order valence-corrected chi connectivity index (χ3v) is 4.20. The fourth-order valence-electron chi connectivity index (χ4n) is 1.98. The second-order valence-electron chi connectivity index (χ2n) is 4.39. The Morgan fingerprint density at radius 3 is 2.65 bits per heavy atom. The molecule has 1 aromatic rings. The molecule has 0 heterocycles. The van der Waals surface area contributed by atoms with E-state index in [1.165, 1.54) is 0 Å². The van der Waals surface area contributed by atoms with Crippen LogP contribution in [0.4, 0.5) is 5.69 Å². The van der Waals surface area contributed by atoms with Gasteiger partial charge >= 0.3 is 0 Å². The van der Waals surface area contributed by atoms with Crippen LogP contribution in [-0.4, -0.2) is 12.5 Å². The summed E-state index contributed by atoms with van der Waals surface area (Å²) in [7, 11) is 0. The fraction of sp³-hybridized carbons (Fsp3) is 0.417. The molecule has 0 saturated heterocycles. The SMILES string of the molecule is NCC1(C(=O)Nc2cccc(Cl)c2Cl)CCC1. The minimum absolute atomic E-state index is 0.0598. The molecular weight excluding hydrogens is 259 g/mol. The summed E-state index contributed by atoms with van der Waals surface area (Å²) in [5.74, 6) is -0.0598. The van der Waals surface area contributed by atoms with Gasteiger partial charge < -0.3 is 11.1 Å². The molecule has 1 fully saturated rings. The van der Waals surface area contributed by atoms with Crippen molar-refractivity contribution in [1.82, 2.24) is 0 Å². The molecule has 0 unspecified atom stereocenters. The summed E-state index contributed by atoms with van der Waals surface area (Å²) >= 11 is 11.9. The van der Waals surface area contributed by atoms with Crippen LogP contribution in [0.1, 0.15) is 19.3 Å². The summed E-state index contributed by atoms with van der Waals surface area (Å²) in [5, 5.41) is 3.61. The number of hydrogen-bond acceptors (Lipinski definition) is 2. The number of rotatable bonds is 3. The monoisotopic (exact) mass is 272 g/mol. The van der Waals surface area contributed by atoms with E-state index in [-0.39, 0.29) is 5.91 Å². The Hall–Kier alpha value is -0.770. The predicted molar refractivity (Wildman–Crippen MR) is 70.4 cm³/mol. The zero-order chi connectivity index (χ0) is 12.5. The summed E-state index contributed by atoms with van der Waals surface area (Å²) in [4.78, 5) is 12.1. The lowest BCUT2D eigenvalue weighted by atomic mass is 9.68. The lowest BCUT2D eigenvalue weighted by Crippen LogP contribution is -2.47. The Labute approximate surface area is 110 Å². The maximum Gasteiger partial charge on any atom is 0.231 e. The van der Waals surface area contributed by atoms with Crippen molar-refractivity contribution in [2.45, 2.75) is 19.3 Å². The highest BCUT2D eigenvalue weighted by atomic mass is 35.5. The van der Waals surface area contributed by atoms with Gasteiger partial charge in [-0.3, -0.25) is 4.79 Å². The van der Waals surface area contributed by atoms with Crippen LogP contribution < -0.4 is 11.1 Å². The van der Waals surface area contributed by atoms with Gasteiger partial charge in [0.1, 0.15) is 0 Å². The molecule has 92 valence electrons. The predicted octanol–water partition coefficient (Wildman–Crippen LogP) is 3.06. The Morgan fingerprint density at radius 1 is 1.41 bits per heavy atom. The van der Waals surface area contributed by atoms with Crippen molar-refractivity contribution >= 4 is 34.8 Å². The van der Waals surface area contributed by atoms with Gasteiger partial charge in [0.15, 0.2) is 0 Å². The molecule has 1 amide bonds. The standard InChI is InChI=1S/C12H14Cl2N2O/c13-8-3-1-4-9(10(8)14)16-11(17)12(7-15)5-2-6-12/h1,3-4H,2,5-7,15H2,(H,16,17). The molecule has 5 heteroatoms. The van der Waals surface area contributed by atoms with E-state index < -0.39 is 5.41 Å². The lowest BCUT2D eigenvalue weighted by Gasteiger charge is -2.39. The molecule has 0 radical (unpaired) electrons. The zero-order valence-electron chi connectivity index (χ0n) is 9.30. The first-order valence-electron chi connectivity index (χ1n) is 5.55. The number of carbonyl (C=O) groups excluding carboxylic acids is 1. The van der Waals surface area contributed by atoms with E-state index >= 15 is 0 Å². The second-order valence-corrected chi connectivity index (χ2v) is 5.18. The molecule has 0 aromatic heterocycles. The molecule has 3 N–H and O–H groups in total. The number of benzene rings is 1. The van der Waals surface area contributed by atoms with Crippen LogP contribution in [0, 0.1) is 5.41 Å². The van der Waals surface area contributed by atoms with Crippen LogP contribution >= 0.6 is 23.2 Å². The molecule has 0 atom stereocenters. The highest BCUT2D eigenvalue weighted by Crippen LogP contribution is 2.41. The van der Waals surface area contributed by atoms with E-state index in [2.05, 4.69) is 5.32 Å². The minimum Gasteiger partial charge on any atom is -0.329 e. The highest BCUT2D eigenvalue weighted by Gasteiger charge is 2.42. The molecular formula is C12H14Cl2N2O. The number of halogens is 2. The molecule has 17 heavy (non-hydrogen) atoms. The van der Waals surface area contributed by atoms with E-state index in [0.29, 0.717) is 22.3 Å². The van der Waals surface area contributed by atoms with E-state index in [4.69, 9.17) is 28.9 Å². The lowest BCUT2D eigenvalue weighted by molar-refractivity contribution is -0.129. The van der Waals surface area contributed by atoms with Crippen molar-refractivity contribution in [2.24, 2.45) is 11.1 Å². The highest BCUT2D eigenvalue weighted by molar-refractivity contribution is 6.44. The van der Waals surface area contributed by atoms with Gasteiger partial charge in [0.25, 0.3) is 0 Å². The third-order valence-electron chi connectivity index (χ3n) is 3.38. The molecule has 1 aliphatic carbocycles. The topological polar surface area (TPSA) is 55.1 Å². The summed E-state index contributed by atoms with van der Waals surface area (Å²) in [6.45, 7) is 0.372. The fourth-order valence-corrected chi connectivity index (χ4v) is 2.33. The first-order valence-corrected chi connectivity index (χ1v) is 6.30. The average molecular weight is 273 g/mol. The number of hydrogen-bond donors (Lipinski definition) is 2. The molecule has 0 bridgehead atoms. The maximum atomic E-state index is 12.1. The Balaban J connectivity index is 2.16. The van der Waals surface area contributed by atoms with Crippen molar-refractivity contribution in [3.63, 3.8) is 0 Å². The molecule has 1 aliphatic rings. The van der Waals surface area contributed by atoms with Gasteiger partial charge in [0, 0.05) is 6.54 Å². The van der Waals surface area contributed by atoms with E-state index in [1.807, 2.05) is 0 Å². The normalized spacial score (nSPS) is 17.4. The van der Waals surface area contributed by atoms with Crippen LogP contribution in [0.3, 0.4) is 0 Å². The van der Waals surface area contributed by atoms with E-state index in [1.54, 1.807) is 18.2 Å². The van der Waals surface area contributed by atoms with Crippen LogP contribution in [0.2, 0.25) is 10.0 Å². The van der Waals surface area contributed by atoms with Gasteiger partial charge in [-0.1, -0.05) is 35.7 Å². The van der Waals surface area contributed by atoms with Gasteiger partial charge in [0.2, 0.25) is 5.91 Å². The van der Waals surface area contributed by atoms with Crippen molar-refractivity contribution in [3.05, 3.63) is 28.2 Å². The second kappa shape index (κ2) is 4.84. The van der Waals surface area contributed by atoms with Gasteiger partial charge in [0.05, 0.1) is 21.1 Å². The Kier molecular flexibility index (Phi) is 3.61. The van der Waals surface area contributed by atoms with Crippen molar-refractivity contribution in [2.75, 3.05) is 11.9 Å². The summed E-state index contributed by atoms with van der Waals surface area (Å²) in [6, 6.07) is 5.16. The van der Waals surface area contributed by atoms with Gasteiger partial charge in [-0.2, -0.15) is 0 Å². The van der Waals surface area contributed by atoms with Crippen molar-refractivity contribution < 1.29 is 4.79 Å². The summed E-state index contributed by atoms with van der Waals surface area (Å²) in [5.41, 5.74) is 5.81. The van der Waals surface area contributed by atoms with Gasteiger partial charge in [-0.15, -0.1) is 0 Å². The van der Waals surface area contributed by atoms with E-state index in [9.17, 15) is 4.79 Å². The minimum atomic E-state index is -0.411. The molecule has 1 aromatic carbocycles. The van der Waals surface area contributed by atoms with Crippen LogP contribution in [0.25, 0.3) is 0 Å². The molecule has 0 spiro atoms. The smallest absolute Gasteiger partial charge is 0.231 e. The molecule has 1 saturated carbocycles. The number of carbonyl (C=O) groups is 1. The number of nitrogens with one attached hydrogen (secondary N) is 1. The maximum absolute atomic E-state index is 12.1. The van der Waals surface area contributed by atoms with Gasteiger partial charge in [-0.25, -0.2) is 0 Å². The van der Waals surface area contributed by atoms with Crippen LogP contribution in [0.15, 0.2) is 18.2 Å². The van der Waals surface area contributed by atoms with Crippen LogP contribution in [0.5, 0.6) is 0 Å². The van der Waals surface area contributed by atoms with Crippen molar-refractivity contribution in [3.8, 4) is 0 Å². The zero-order valence-corrected chi connectivity index (χ0v) is 10.8. The Bertz CT molecular complexity index is 439. The molecule has 0 aliphatic heterocycles. The van der Waals surface area contributed by atoms with Crippen LogP contribution in [-0.2, 0) is 4.79 Å². The van der Waals surface area contributed by atoms with Crippen molar-refractivity contribution in [1.29, 1.82) is 0 Å².